The maximum absolute atomic E-state index is 14.0. The Hall–Kier alpha value is -3.87. The summed E-state index contributed by atoms with van der Waals surface area (Å²) in [6.45, 7) is 5.00. The van der Waals surface area contributed by atoms with E-state index >= 15 is 0 Å². The average molecular weight is 516 g/mol. The van der Waals surface area contributed by atoms with Gasteiger partial charge in [0.1, 0.15) is 18.3 Å². The largest absolute Gasteiger partial charge is 0.384 e. The van der Waals surface area contributed by atoms with E-state index < -0.39 is 35.7 Å². The number of halogens is 1. The molecule has 0 aliphatic carbocycles. The number of carbonyl (C=O) groups excluding carboxylic acids is 3. The van der Waals surface area contributed by atoms with Gasteiger partial charge in [-0.25, -0.2) is 4.39 Å². The molecule has 11 nitrogen and oxygen atoms in total. The Morgan fingerprint density at radius 1 is 1.14 bits per heavy atom. The molecule has 0 radical (unpaired) electrons. The number of nitrogens with zero attached hydrogens (tertiary/aromatic N) is 2. The van der Waals surface area contributed by atoms with E-state index in [0.717, 1.165) is 6.07 Å². The Balaban J connectivity index is 0.00000186. The van der Waals surface area contributed by atoms with Gasteiger partial charge in [-0.1, -0.05) is 19.9 Å². The first-order chi connectivity index (χ1) is 17.8. The van der Waals surface area contributed by atoms with Gasteiger partial charge in [-0.2, -0.15) is 0 Å². The first-order valence-electron chi connectivity index (χ1n) is 11.8. The number of amidine groups is 1. The zero-order valence-electron chi connectivity index (χ0n) is 20.6. The van der Waals surface area contributed by atoms with Crippen molar-refractivity contribution in [1.29, 1.82) is 5.41 Å². The molecule has 4 rings (SSSR count). The minimum absolute atomic E-state index is 0.0135. The van der Waals surface area contributed by atoms with E-state index in [1.165, 1.54) is 17.0 Å². The van der Waals surface area contributed by atoms with Crippen molar-refractivity contribution in [3.05, 3.63) is 53.8 Å². The summed E-state index contributed by atoms with van der Waals surface area (Å²) in [5.41, 5.74) is 6.24. The molecule has 0 aromatic heterocycles. The number of aliphatic hydroxyl groups excluding tert-OH is 1. The first kappa shape index (κ1) is 27.7. The van der Waals surface area contributed by atoms with Crippen LogP contribution in [0, 0.1) is 11.2 Å². The molecular formula is C25H30FN5O6. The van der Waals surface area contributed by atoms with E-state index in [1.807, 2.05) is 13.8 Å². The van der Waals surface area contributed by atoms with Gasteiger partial charge >= 0.3 is 0 Å². The quantitative estimate of drug-likeness (QED) is 0.333. The molecule has 2 heterocycles. The molecule has 0 saturated carbocycles. The van der Waals surface area contributed by atoms with Crippen molar-refractivity contribution in [3.63, 3.8) is 0 Å². The van der Waals surface area contributed by atoms with Crippen molar-refractivity contribution < 1.29 is 33.4 Å². The summed E-state index contributed by atoms with van der Waals surface area (Å²) in [6.07, 6.45) is -3.36. The predicted octanol–water partition coefficient (Wildman–Crippen LogP) is 1.23. The fourth-order valence-corrected chi connectivity index (χ4v) is 3.87. The van der Waals surface area contributed by atoms with Gasteiger partial charge in [-0.15, -0.1) is 0 Å². The summed E-state index contributed by atoms with van der Waals surface area (Å²) in [5, 5.41) is 20.2. The second-order valence-corrected chi connectivity index (χ2v) is 7.94. The molecule has 2 aromatic carbocycles. The van der Waals surface area contributed by atoms with Crippen LogP contribution in [0.1, 0.15) is 19.4 Å². The third-order valence-electron chi connectivity index (χ3n) is 5.64. The minimum atomic E-state index is -1.87. The number of nitrogens with one attached hydrogen (secondary N) is 2. The summed E-state index contributed by atoms with van der Waals surface area (Å²) < 4.78 is 24.6. The lowest BCUT2D eigenvalue weighted by atomic mass is 10.1. The van der Waals surface area contributed by atoms with Gasteiger partial charge in [0.2, 0.25) is 0 Å². The predicted molar refractivity (Wildman–Crippen MR) is 135 cm³/mol. The fraction of sp³-hybridized carbons (Fsp3) is 0.360. The number of aliphatic hydroxyl groups is 1. The van der Waals surface area contributed by atoms with E-state index in [2.05, 4.69) is 5.32 Å². The summed E-state index contributed by atoms with van der Waals surface area (Å²) in [7, 11) is 0. The first-order valence-corrected chi connectivity index (χ1v) is 11.8. The topological polar surface area (TPSA) is 158 Å². The van der Waals surface area contributed by atoms with Gasteiger partial charge in [0, 0.05) is 30.2 Å². The number of amides is 3. The maximum atomic E-state index is 14.0. The molecule has 2 unspecified atom stereocenters. The molecule has 2 aliphatic rings. The number of hydrogen-bond acceptors (Lipinski definition) is 7. The van der Waals surface area contributed by atoms with Crippen LogP contribution in [-0.2, 0) is 23.9 Å². The Morgan fingerprint density at radius 2 is 1.81 bits per heavy atom. The number of nitrogens with two attached hydrogens (primary N) is 1. The lowest BCUT2D eigenvalue weighted by Gasteiger charge is -2.35. The summed E-state index contributed by atoms with van der Waals surface area (Å²) >= 11 is 0. The molecule has 2 aromatic rings. The molecule has 3 amide bonds. The standard InChI is InChI=1S/C23H24FN5O6.C2H6/c24-17-10-13(4-5-16(17)21(25)26)27-22(32)19(31)20-23(33)29(7-9-35-20)15-3-1-2-14(11-15)28-6-8-34-12-18(28)30;1-2/h1-5,10-11,19-20,31H,6-9,12H2,(H3,25,26)(H,27,32);1-2H3. The Morgan fingerprint density at radius 3 is 2.46 bits per heavy atom. The van der Waals surface area contributed by atoms with Gasteiger partial charge in [-0.05, 0) is 36.4 Å². The minimum Gasteiger partial charge on any atom is -0.384 e. The Bertz CT molecular complexity index is 1180. The average Bonchev–Trinajstić information content (AvgIpc) is 2.90. The van der Waals surface area contributed by atoms with E-state index in [1.54, 1.807) is 29.2 Å². The van der Waals surface area contributed by atoms with Crippen molar-refractivity contribution in [2.24, 2.45) is 5.73 Å². The van der Waals surface area contributed by atoms with Crippen LogP contribution >= 0.6 is 0 Å². The second-order valence-electron chi connectivity index (χ2n) is 7.94. The molecule has 2 saturated heterocycles. The lowest BCUT2D eigenvalue weighted by Crippen LogP contribution is -2.55. The number of hydrogen-bond donors (Lipinski definition) is 4. The third kappa shape index (κ3) is 6.28. The Labute approximate surface area is 213 Å². The van der Waals surface area contributed by atoms with Crippen LogP contribution in [0.5, 0.6) is 0 Å². The van der Waals surface area contributed by atoms with Gasteiger partial charge in [0.25, 0.3) is 17.7 Å². The fourth-order valence-electron chi connectivity index (χ4n) is 3.87. The van der Waals surface area contributed by atoms with Gasteiger partial charge in [-0.3, -0.25) is 19.8 Å². The van der Waals surface area contributed by atoms with Crippen molar-refractivity contribution in [1.82, 2.24) is 0 Å². The number of morpholine rings is 2. The molecule has 2 atom stereocenters. The smallest absolute Gasteiger partial charge is 0.259 e. The van der Waals surface area contributed by atoms with Gasteiger partial charge in [0.05, 0.1) is 18.8 Å². The van der Waals surface area contributed by atoms with E-state index in [-0.39, 0.29) is 36.9 Å². The highest BCUT2D eigenvalue weighted by Gasteiger charge is 2.39. The van der Waals surface area contributed by atoms with E-state index in [9.17, 15) is 23.9 Å². The third-order valence-corrected chi connectivity index (χ3v) is 5.64. The molecule has 5 N–H and O–H groups in total. The second kappa shape index (κ2) is 12.4. The molecule has 0 bridgehead atoms. The normalized spacial score (nSPS) is 18.5. The zero-order chi connectivity index (χ0) is 27.1. The van der Waals surface area contributed by atoms with Crippen molar-refractivity contribution in [2.75, 3.05) is 48.0 Å². The molecule has 12 heteroatoms. The Kier molecular flexibility index (Phi) is 9.28. The van der Waals surface area contributed by atoms with E-state index in [0.29, 0.717) is 24.5 Å². The monoisotopic (exact) mass is 515 g/mol. The van der Waals surface area contributed by atoms with Crippen LogP contribution in [0.4, 0.5) is 21.5 Å². The number of ether oxygens (including phenoxy) is 2. The zero-order valence-corrected chi connectivity index (χ0v) is 20.6. The van der Waals surface area contributed by atoms with Crippen LogP contribution < -0.4 is 20.9 Å². The van der Waals surface area contributed by atoms with Crippen LogP contribution in [-0.4, -0.2) is 73.8 Å². The lowest BCUT2D eigenvalue weighted by molar-refractivity contribution is -0.150. The number of benzene rings is 2. The maximum Gasteiger partial charge on any atom is 0.259 e. The van der Waals surface area contributed by atoms with Gasteiger partial charge < -0.3 is 35.4 Å². The number of rotatable bonds is 6. The van der Waals surface area contributed by atoms with Gasteiger partial charge in [0.15, 0.2) is 12.2 Å². The van der Waals surface area contributed by atoms with E-state index in [4.69, 9.17) is 20.6 Å². The van der Waals surface area contributed by atoms with Crippen LogP contribution in [0.15, 0.2) is 42.5 Å². The van der Waals surface area contributed by atoms with Crippen molar-refractivity contribution >= 4 is 40.6 Å². The van der Waals surface area contributed by atoms with Crippen molar-refractivity contribution in [2.45, 2.75) is 26.1 Å². The molecule has 37 heavy (non-hydrogen) atoms. The molecule has 2 fully saturated rings. The summed E-state index contributed by atoms with van der Waals surface area (Å²) in [4.78, 5) is 40.8. The number of carbonyl (C=O) groups is 3. The highest BCUT2D eigenvalue weighted by Crippen LogP contribution is 2.26. The van der Waals surface area contributed by atoms with Crippen LogP contribution in [0.25, 0.3) is 0 Å². The molecule has 0 spiro atoms. The number of anilines is 3. The highest BCUT2D eigenvalue weighted by molar-refractivity contribution is 6.04. The molecule has 2 aliphatic heterocycles. The van der Waals surface area contributed by atoms with Crippen LogP contribution in [0.3, 0.4) is 0 Å². The summed E-state index contributed by atoms with van der Waals surface area (Å²) in [5.74, 6) is -3.09. The number of nitrogen functional groups attached to an aromatic ring is 1. The summed E-state index contributed by atoms with van der Waals surface area (Å²) in [6, 6.07) is 10.3. The molecule has 198 valence electrons. The van der Waals surface area contributed by atoms with Crippen molar-refractivity contribution in [3.8, 4) is 0 Å². The highest BCUT2D eigenvalue weighted by atomic mass is 19.1. The molecular weight excluding hydrogens is 485 g/mol. The SMILES string of the molecule is CC.N=C(N)c1ccc(NC(=O)C(O)C2OCCN(c3cccc(N4CCOCC4=O)c3)C2=O)cc1F. The van der Waals surface area contributed by atoms with Crippen LogP contribution in [0.2, 0.25) is 0 Å².